The molecule has 0 radical (unpaired) electrons. The molecule has 2 N–H and O–H groups in total. The van der Waals surface area contributed by atoms with Gasteiger partial charge in [0.05, 0.1) is 0 Å². The molecule has 0 spiro atoms. The fraction of sp³-hybridized carbons (Fsp3) is 0.111. The Balaban J connectivity index is 1.87. The molecule has 1 aromatic heterocycles. The van der Waals surface area contributed by atoms with Gasteiger partial charge in [-0.05, 0) is 43.7 Å². The van der Waals surface area contributed by atoms with Crippen molar-refractivity contribution in [3.05, 3.63) is 70.4 Å². The van der Waals surface area contributed by atoms with Crippen LogP contribution in [0, 0.1) is 25.5 Å². The predicted octanol–water partition coefficient (Wildman–Crippen LogP) is 5.51. The molecule has 1 heterocycles. The normalized spacial score (nSPS) is 10.6. The predicted molar refractivity (Wildman–Crippen MR) is 95.9 cm³/mol. The number of anilines is 4. The quantitative estimate of drug-likeness (QED) is 0.644. The fourth-order valence-electron chi connectivity index (χ4n) is 2.27. The van der Waals surface area contributed by atoms with Crippen molar-refractivity contribution in [3.63, 3.8) is 0 Å². The Bertz CT molecular complexity index is 931. The third-order valence-electron chi connectivity index (χ3n) is 3.56. The molecule has 0 unspecified atom stereocenters. The Morgan fingerprint density at radius 1 is 0.920 bits per heavy atom. The molecule has 0 amide bonds. The molecule has 0 atom stereocenters. The van der Waals surface area contributed by atoms with E-state index < -0.39 is 11.6 Å². The number of aromatic nitrogens is 2. The van der Waals surface area contributed by atoms with Gasteiger partial charge in [0, 0.05) is 34.2 Å². The van der Waals surface area contributed by atoms with Crippen LogP contribution in [0.4, 0.5) is 31.9 Å². The van der Waals surface area contributed by atoms with Crippen LogP contribution in [0.15, 0.2) is 42.5 Å². The Morgan fingerprint density at radius 3 is 2.48 bits per heavy atom. The van der Waals surface area contributed by atoms with Gasteiger partial charge in [-0.1, -0.05) is 17.7 Å². The van der Waals surface area contributed by atoms with Crippen molar-refractivity contribution >= 4 is 34.7 Å². The lowest BCUT2D eigenvalue weighted by molar-refractivity contribution is 0.509. The maximum absolute atomic E-state index is 13.3. The van der Waals surface area contributed by atoms with Crippen LogP contribution < -0.4 is 10.6 Å². The van der Waals surface area contributed by atoms with Gasteiger partial charge in [0.1, 0.15) is 5.82 Å². The summed E-state index contributed by atoms with van der Waals surface area (Å²) in [7, 11) is 0. The van der Waals surface area contributed by atoms with E-state index >= 15 is 0 Å². The van der Waals surface area contributed by atoms with E-state index in [2.05, 4.69) is 20.6 Å². The molecule has 0 fully saturated rings. The van der Waals surface area contributed by atoms with Crippen LogP contribution in [0.3, 0.4) is 0 Å². The third kappa shape index (κ3) is 4.03. The molecule has 7 heteroatoms. The summed E-state index contributed by atoms with van der Waals surface area (Å²) >= 11 is 6.12. The standard InChI is InChI=1S/C18H15ClF2N4/c1-10-8-17(23-12-6-7-14(20)15(21)9-12)25-18(22-10)24-16-5-3-4-13(19)11(16)2/h3-9H,1-2H3,(H2,22,23,24,25). The summed E-state index contributed by atoms with van der Waals surface area (Å²) in [5.74, 6) is -0.997. The maximum Gasteiger partial charge on any atom is 0.229 e. The van der Waals surface area contributed by atoms with Gasteiger partial charge >= 0.3 is 0 Å². The van der Waals surface area contributed by atoms with Crippen molar-refractivity contribution in [3.8, 4) is 0 Å². The zero-order valence-electron chi connectivity index (χ0n) is 13.6. The van der Waals surface area contributed by atoms with E-state index in [1.54, 1.807) is 12.1 Å². The first-order valence-electron chi connectivity index (χ1n) is 7.52. The van der Waals surface area contributed by atoms with Gasteiger partial charge < -0.3 is 10.6 Å². The van der Waals surface area contributed by atoms with Crippen molar-refractivity contribution in [1.82, 2.24) is 9.97 Å². The van der Waals surface area contributed by atoms with Gasteiger partial charge in [-0.2, -0.15) is 4.98 Å². The average molecular weight is 361 g/mol. The minimum absolute atomic E-state index is 0.371. The van der Waals surface area contributed by atoms with Gasteiger partial charge in [-0.15, -0.1) is 0 Å². The number of halogens is 3. The van der Waals surface area contributed by atoms with E-state index in [1.165, 1.54) is 6.07 Å². The van der Waals surface area contributed by atoms with Gasteiger partial charge in [0.15, 0.2) is 11.6 Å². The lowest BCUT2D eigenvalue weighted by atomic mass is 10.2. The van der Waals surface area contributed by atoms with Gasteiger partial charge in [-0.3, -0.25) is 0 Å². The topological polar surface area (TPSA) is 49.8 Å². The highest BCUT2D eigenvalue weighted by Gasteiger charge is 2.08. The largest absolute Gasteiger partial charge is 0.340 e. The Morgan fingerprint density at radius 2 is 1.72 bits per heavy atom. The Kier molecular flexibility index (Phi) is 4.81. The Labute approximate surface area is 148 Å². The first-order chi connectivity index (χ1) is 11.9. The molecule has 3 rings (SSSR count). The van der Waals surface area contributed by atoms with Crippen molar-refractivity contribution < 1.29 is 8.78 Å². The van der Waals surface area contributed by atoms with Crippen molar-refractivity contribution in [2.24, 2.45) is 0 Å². The second-order valence-corrected chi connectivity index (χ2v) is 5.92. The minimum atomic E-state index is -0.927. The molecule has 128 valence electrons. The molecule has 2 aromatic carbocycles. The van der Waals surface area contributed by atoms with Crippen molar-refractivity contribution in [2.45, 2.75) is 13.8 Å². The lowest BCUT2D eigenvalue weighted by Crippen LogP contribution is -2.03. The molecule has 0 aliphatic rings. The molecule has 0 aliphatic heterocycles. The van der Waals surface area contributed by atoms with Crippen LogP contribution in [0.1, 0.15) is 11.3 Å². The summed E-state index contributed by atoms with van der Waals surface area (Å²) in [6.45, 7) is 3.70. The molecular weight excluding hydrogens is 346 g/mol. The molecule has 0 saturated heterocycles. The lowest BCUT2D eigenvalue weighted by Gasteiger charge is -2.12. The van der Waals surface area contributed by atoms with Crippen LogP contribution in [-0.4, -0.2) is 9.97 Å². The van der Waals surface area contributed by atoms with Gasteiger partial charge in [0.2, 0.25) is 5.95 Å². The molecule has 0 bridgehead atoms. The number of aryl methyl sites for hydroxylation is 1. The van der Waals surface area contributed by atoms with Crippen LogP contribution >= 0.6 is 11.6 Å². The van der Waals surface area contributed by atoms with Crippen LogP contribution in [0.2, 0.25) is 5.02 Å². The number of rotatable bonds is 4. The van der Waals surface area contributed by atoms with E-state index in [-0.39, 0.29) is 0 Å². The van der Waals surface area contributed by atoms with Crippen LogP contribution in [-0.2, 0) is 0 Å². The SMILES string of the molecule is Cc1cc(Nc2ccc(F)c(F)c2)nc(Nc2cccc(Cl)c2C)n1. The highest BCUT2D eigenvalue weighted by atomic mass is 35.5. The summed E-state index contributed by atoms with van der Waals surface area (Å²) in [6, 6.07) is 10.8. The Hall–Kier alpha value is -2.73. The zero-order valence-corrected chi connectivity index (χ0v) is 14.3. The van der Waals surface area contributed by atoms with E-state index in [0.29, 0.717) is 28.2 Å². The van der Waals surface area contributed by atoms with Gasteiger partial charge in [-0.25, -0.2) is 13.8 Å². The molecule has 0 saturated carbocycles. The zero-order chi connectivity index (χ0) is 18.0. The summed E-state index contributed by atoms with van der Waals surface area (Å²) in [5.41, 5.74) is 2.77. The first-order valence-corrected chi connectivity index (χ1v) is 7.90. The number of hydrogen-bond donors (Lipinski definition) is 2. The van der Waals surface area contributed by atoms with Crippen molar-refractivity contribution in [2.75, 3.05) is 10.6 Å². The monoisotopic (exact) mass is 360 g/mol. The summed E-state index contributed by atoms with van der Waals surface area (Å²) in [6.07, 6.45) is 0. The molecule has 3 aromatic rings. The highest BCUT2D eigenvalue weighted by molar-refractivity contribution is 6.31. The summed E-state index contributed by atoms with van der Waals surface area (Å²) in [4.78, 5) is 8.69. The van der Waals surface area contributed by atoms with E-state index in [1.807, 2.05) is 26.0 Å². The smallest absolute Gasteiger partial charge is 0.229 e. The minimum Gasteiger partial charge on any atom is -0.340 e. The summed E-state index contributed by atoms with van der Waals surface area (Å²) in [5, 5.41) is 6.70. The second kappa shape index (κ2) is 7.03. The van der Waals surface area contributed by atoms with Gasteiger partial charge in [0.25, 0.3) is 0 Å². The van der Waals surface area contributed by atoms with Crippen molar-refractivity contribution in [1.29, 1.82) is 0 Å². The second-order valence-electron chi connectivity index (χ2n) is 5.51. The average Bonchev–Trinajstić information content (AvgIpc) is 2.55. The molecule has 25 heavy (non-hydrogen) atoms. The van der Waals surface area contributed by atoms with Crippen LogP contribution in [0.25, 0.3) is 0 Å². The number of nitrogens with one attached hydrogen (secondary N) is 2. The first kappa shape index (κ1) is 17.1. The van der Waals surface area contributed by atoms with E-state index in [9.17, 15) is 8.78 Å². The third-order valence-corrected chi connectivity index (χ3v) is 3.97. The molecule has 4 nitrogen and oxygen atoms in total. The summed E-state index contributed by atoms with van der Waals surface area (Å²) < 4.78 is 26.4. The van der Waals surface area contributed by atoms with E-state index in [4.69, 9.17) is 11.6 Å². The van der Waals surface area contributed by atoms with E-state index in [0.717, 1.165) is 23.4 Å². The fourth-order valence-corrected chi connectivity index (χ4v) is 2.45. The number of hydrogen-bond acceptors (Lipinski definition) is 4. The molecule has 0 aliphatic carbocycles. The maximum atomic E-state index is 13.3. The number of nitrogens with zero attached hydrogens (tertiary/aromatic N) is 2. The highest BCUT2D eigenvalue weighted by Crippen LogP contribution is 2.26. The van der Waals surface area contributed by atoms with Crippen LogP contribution in [0.5, 0.6) is 0 Å². The number of benzene rings is 2. The molecular formula is C18H15ClF2N4.